The Kier molecular flexibility index (Phi) is 6.09. The van der Waals surface area contributed by atoms with Gasteiger partial charge in [-0.2, -0.15) is 0 Å². The Bertz CT molecular complexity index is 729. The van der Waals surface area contributed by atoms with E-state index in [0.29, 0.717) is 21.9 Å². The highest BCUT2D eigenvalue weighted by atomic mass is 32.1. The molecule has 0 fully saturated rings. The van der Waals surface area contributed by atoms with Gasteiger partial charge in [-0.05, 0) is 25.1 Å². The lowest BCUT2D eigenvalue weighted by Crippen LogP contribution is -2.36. The number of hydrogen-bond donors (Lipinski definition) is 0. The number of carbonyl (C=O) groups is 2. The van der Waals surface area contributed by atoms with E-state index in [0.717, 1.165) is 0 Å². The molecule has 0 aliphatic rings. The van der Waals surface area contributed by atoms with Crippen molar-refractivity contribution in [2.75, 3.05) is 20.2 Å². The minimum atomic E-state index is -0.398. The van der Waals surface area contributed by atoms with Crippen molar-refractivity contribution in [2.45, 2.75) is 13.8 Å². The van der Waals surface area contributed by atoms with Crippen molar-refractivity contribution in [3.8, 4) is 10.4 Å². The summed E-state index contributed by atoms with van der Waals surface area (Å²) in [5.41, 5.74) is 0.479. The SMILES string of the molecule is CCN(CC(C)C(=O)OC)C(=O)c1ccc(-c2ccccc2F)s1. The first kappa shape index (κ1) is 18.1. The Morgan fingerprint density at radius 3 is 2.58 bits per heavy atom. The van der Waals surface area contributed by atoms with Crippen LogP contribution in [-0.4, -0.2) is 37.0 Å². The molecule has 0 bridgehead atoms. The van der Waals surface area contributed by atoms with E-state index in [1.165, 1.54) is 24.5 Å². The van der Waals surface area contributed by atoms with Crippen LogP contribution >= 0.6 is 11.3 Å². The molecule has 4 nitrogen and oxygen atoms in total. The minimum absolute atomic E-state index is 0.166. The molecule has 0 aliphatic carbocycles. The number of ether oxygens (including phenoxy) is 1. The molecule has 2 rings (SSSR count). The topological polar surface area (TPSA) is 46.6 Å². The third-order valence-electron chi connectivity index (χ3n) is 3.72. The van der Waals surface area contributed by atoms with Gasteiger partial charge in [-0.25, -0.2) is 4.39 Å². The van der Waals surface area contributed by atoms with Crippen LogP contribution < -0.4 is 0 Å². The van der Waals surface area contributed by atoms with E-state index in [-0.39, 0.29) is 24.2 Å². The summed E-state index contributed by atoms with van der Waals surface area (Å²) in [5.74, 6) is -1.23. The lowest BCUT2D eigenvalue weighted by atomic mass is 10.1. The third kappa shape index (κ3) is 4.00. The van der Waals surface area contributed by atoms with Gasteiger partial charge < -0.3 is 9.64 Å². The van der Waals surface area contributed by atoms with Gasteiger partial charge in [0, 0.05) is 23.5 Å². The second kappa shape index (κ2) is 8.06. The fourth-order valence-electron chi connectivity index (χ4n) is 2.38. The fourth-order valence-corrected chi connectivity index (χ4v) is 3.38. The number of halogens is 1. The number of nitrogens with zero attached hydrogens (tertiary/aromatic N) is 1. The molecule has 0 saturated heterocycles. The molecule has 0 spiro atoms. The molecule has 1 heterocycles. The third-order valence-corrected chi connectivity index (χ3v) is 4.83. The van der Waals surface area contributed by atoms with Gasteiger partial charge in [-0.1, -0.05) is 25.1 Å². The summed E-state index contributed by atoms with van der Waals surface area (Å²) >= 11 is 1.25. The zero-order valence-corrected chi connectivity index (χ0v) is 14.7. The van der Waals surface area contributed by atoms with Gasteiger partial charge >= 0.3 is 5.97 Å². The van der Waals surface area contributed by atoms with E-state index in [1.54, 1.807) is 42.2 Å². The van der Waals surface area contributed by atoms with Crippen LogP contribution in [0.1, 0.15) is 23.5 Å². The molecule has 0 saturated carbocycles. The summed E-state index contributed by atoms with van der Waals surface area (Å²) in [5, 5.41) is 0. The second-order valence-corrected chi connectivity index (χ2v) is 6.50. The van der Waals surface area contributed by atoms with Crippen molar-refractivity contribution in [3.63, 3.8) is 0 Å². The number of esters is 1. The fraction of sp³-hybridized carbons (Fsp3) is 0.333. The van der Waals surface area contributed by atoms with Gasteiger partial charge in [0.25, 0.3) is 5.91 Å². The number of amides is 1. The molecular weight excluding hydrogens is 329 g/mol. The maximum Gasteiger partial charge on any atom is 0.310 e. The zero-order chi connectivity index (χ0) is 17.7. The summed E-state index contributed by atoms with van der Waals surface area (Å²) in [6.45, 7) is 4.34. The molecule has 1 unspecified atom stereocenters. The lowest BCUT2D eigenvalue weighted by Gasteiger charge is -2.22. The molecule has 6 heteroatoms. The van der Waals surface area contributed by atoms with Gasteiger partial charge in [-0.3, -0.25) is 9.59 Å². The Morgan fingerprint density at radius 1 is 1.25 bits per heavy atom. The quantitative estimate of drug-likeness (QED) is 0.745. The van der Waals surface area contributed by atoms with Crippen LogP contribution in [0, 0.1) is 11.7 Å². The minimum Gasteiger partial charge on any atom is -0.469 e. The highest BCUT2D eigenvalue weighted by Crippen LogP contribution is 2.30. The van der Waals surface area contributed by atoms with Crippen molar-refractivity contribution in [1.29, 1.82) is 0 Å². The molecule has 128 valence electrons. The number of carbonyl (C=O) groups excluding carboxylic acids is 2. The van der Waals surface area contributed by atoms with Crippen molar-refractivity contribution >= 4 is 23.2 Å². The number of rotatable bonds is 6. The van der Waals surface area contributed by atoms with Gasteiger partial charge in [0.05, 0.1) is 17.9 Å². The molecular formula is C18H20FNO3S. The smallest absolute Gasteiger partial charge is 0.310 e. The van der Waals surface area contributed by atoms with Crippen LogP contribution in [0.15, 0.2) is 36.4 Å². The number of methoxy groups -OCH3 is 1. The maximum absolute atomic E-state index is 13.9. The van der Waals surface area contributed by atoms with Crippen LogP contribution in [0.3, 0.4) is 0 Å². The number of thiophene rings is 1. The Hall–Kier alpha value is -2.21. The van der Waals surface area contributed by atoms with Crippen LogP contribution in [-0.2, 0) is 9.53 Å². The molecule has 0 radical (unpaired) electrons. The molecule has 1 atom stereocenters. The molecule has 1 aromatic heterocycles. The van der Waals surface area contributed by atoms with Crippen molar-refractivity contribution in [3.05, 3.63) is 47.1 Å². The maximum atomic E-state index is 13.9. The molecule has 0 N–H and O–H groups in total. The van der Waals surface area contributed by atoms with Crippen LogP contribution in [0.2, 0.25) is 0 Å². The van der Waals surface area contributed by atoms with E-state index in [1.807, 2.05) is 6.92 Å². The lowest BCUT2D eigenvalue weighted by molar-refractivity contribution is -0.145. The summed E-state index contributed by atoms with van der Waals surface area (Å²) < 4.78 is 18.6. The zero-order valence-electron chi connectivity index (χ0n) is 13.9. The largest absolute Gasteiger partial charge is 0.469 e. The van der Waals surface area contributed by atoms with Crippen LogP contribution in [0.25, 0.3) is 10.4 Å². The Labute approximate surface area is 144 Å². The average molecular weight is 349 g/mol. The summed E-state index contributed by atoms with van der Waals surface area (Å²) in [4.78, 5) is 27.0. The predicted molar refractivity (Wildman–Crippen MR) is 92.5 cm³/mol. The molecule has 1 aromatic carbocycles. The molecule has 0 aliphatic heterocycles. The van der Waals surface area contributed by atoms with Gasteiger partial charge in [0.1, 0.15) is 5.82 Å². The van der Waals surface area contributed by atoms with E-state index < -0.39 is 5.92 Å². The molecule has 1 amide bonds. The second-order valence-electron chi connectivity index (χ2n) is 5.41. The number of benzene rings is 1. The highest BCUT2D eigenvalue weighted by molar-refractivity contribution is 7.17. The summed E-state index contributed by atoms with van der Waals surface area (Å²) in [6, 6.07) is 9.91. The summed E-state index contributed by atoms with van der Waals surface area (Å²) in [7, 11) is 1.33. The Balaban J connectivity index is 2.17. The molecule has 24 heavy (non-hydrogen) atoms. The van der Waals surface area contributed by atoms with Gasteiger partial charge in [-0.15, -0.1) is 11.3 Å². The van der Waals surface area contributed by atoms with Gasteiger partial charge in [0.2, 0.25) is 0 Å². The monoisotopic (exact) mass is 349 g/mol. The predicted octanol–water partition coefficient (Wildman–Crippen LogP) is 3.83. The Morgan fingerprint density at radius 2 is 1.96 bits per heavy atom. The van der Waals surface area contributed by atoms with E-state index in [9.17, 15) is 14.0 Å². The molecule has 2 aromatic rings. The van der Waals surface area contributed by atoms with Crippen LogP contribution in [0.5, 0.6) is 0 Å². The first-order valence-corrected chi connectivity index (χ1v) is 8.51. The van der Waals surface area contributed by atoms with E-state index in [4.69, 9.17) is 4.74 Å². The average Bonchev–Trinajstić information content (AvgIpc) is 3.08. The van der Waals surface area contributed by atoms with Crippen molar-refractivity contribution < 1.29 is 18.7 Å². The normalized spacial score (nSPS) is 11.8. The van der Waals surface area contributed by atoms with Crippen molar-refractivity contribution in [1.82, 2.24) is 4.90 Å². The number of hydrogen-bond acceptors (Lipinski definition) is 4. The summed E-state index contributed by atoms with van der Waals surface area (Å²) in [6.07, 6.45) is 0. The van der Waals surface area contributed by atoms with Gasteiger partial charge in [0.15, 0.2) is 0 Å². The highest BCUT2D eigenvalue weighted by Gasteiger charge is 2.22. The first-order chi connectivity index (χ1) is 11.5. The standard InChI is InChI=1S/C18H20FNO3S/c1-4-20(11-12(2)18(22)23-3)17(21)16-10-9-15(24-16)13-7-5-6-8-14(13)19/h5-10,12H,4,11H2,1-3H3. The van der Waals surface area contributed by atoms with Crippen molar-refractivity contribution in [2.24, 2.45) is 5.92 Å². The van der Waals surface area contributed by atoms with Crippen LogP contribution in [0.4, 0.5) is 4.39 Å². The van der Waals surface area contributed by atoms with E-state index >= 15 is 0 Å². The first-order valence-electron chi connectivity index (χ1n) is 7.69. The van der Waals surface area contributed by atoms with E-state index in [2.05, 4.69) is 0 Å².